The number of aryl methyl sites for hydroxylation is 1. The van der Waals surface area contributed by atoms with Gasteiger partial charge in [0.2, 0.25) is 15.3 Å². The van der Waals surface area contributed by atoms with Crippen LogP contribution in [0.1, 0.15) is 5.56 Å². The number of aromatic amines is 1. The van der Waals surface area contributed by atoms with Crippen LogP contribution in [0.2, 0.25) is 0 Å². The van der Waals surface area contributed by atoms with Crippen LogP contribution in [-0.2, 0) is 9.84 Å². The zero-order chi connectivity index (χ0) is 19.9. The van der Waals surface area contributed by atoms with E-state index in [-0.39, 0.29) is 9.79 Å². The second kappa shape index (κ2) is 7.04. The van der Waals surface area contributed by atoms with Gasteiger partial charge in [-0.05, 0) is 42.8 Å². The van der Waals surface area contributed by atoms with E-state index in [1.165, 1.54) is 12.1 Å². The largest absolute Gasteiger partial charge is 0.353 e. The van der Waals surface area contributed by atoms with Crippen molar-refractivity contribution in [1.82, 2.24) is 4.98 Å². The van der Waals surface area contributed by atoms with Gasteiger partial charge in [-0.2, -0.15) is 0 Å². The van der Waals surface area contributed by atoms with Crippen molar-refractivity contribution in [2.24, 2.45) is 0 Å². The van der Waals surface area contributed by atoms with Gasteiger partial charge >= 0.3 is 0 Å². The number of hydrogen-bond acceptors (Lipinski definition) is 3. The van der Waals surface area contributed by atoms with Crippen molar-refractivity contribution in [1.29, 1.82) is 0 Å². The maximum absolute atomic E-state index is 13.5. The first kappa shape index (κ1) is 18.7. The summed E-state index contributed by atoms with van der Waals surface area (Å²) in [6.07, 6.45) is 0. The van der Waals surface area contributed by atoms with E-state index in [0.717, 1.165) is 5.56 Å². The third kappa shape index (κ3) is 3.19. The third-order valence-electron chi connectivity index (χ3n) is 4.58. The fourth-order valence-electron chi connectivity index (χ4n) is 3.14. The van der Waals surface area contributed by atoms with Crippen LogP contribution in [0.3, 0.4) is 0 Å². The highest BCUT2D eigenvalue weighted by molar-refractivity contribution is 9.10. The maximum atomic E-state index is 13.5. The molecule has 0 amide bonds. The molecule has 0 bridgehead atoms. The minimum absolute atomic E-state index is 0.0927. The van der Waals surface area contributed by atoms with Gasteiger partial charge < -0.3 is 4.98 Å². The lowest BCUT2D eigenvalue weighted by Gasteiger charge is -2.13. The number of aromatic nitrogens is 1. The average Bonchev–Trinajstić information content (AvgIpc) is 2.69. The Kier molecular flexibility index (Phi) is 4.69. The highest BCUT2D eigenvalue weighted by atomic mass is 79.9. The topological polar surface area (TPSA) is 67.0 Å². The van der Waals surface area contributed by atoms with Crippen LogP contribution in [0.5, 0.6) is 0 Å². The summed E-state index contributed by atoms with van der Waals surface area (Å²) in [6.45, 7) is 1.88. The molecule has 0 fully saturated rings. The summed E-state index contributed by atoms with van der Waals surface area (Å²) >= 11 is 3.36. The standard InChI is InChI=1S/C22H16BrNO3S/c1-14-7-10-17(11-8-14)28(26,27)22-20(15-5-3-2-4-6-15)24-19-12-9-16(23)13-18(19)21(22)25/h2-13H,1H3,(H,24,25). The number of nitrogens with one attached hydrogen (secondary N) is 1. The number of halogens is 1. The summed E-state index contributed by atoms with van der Waals surface area (Å²) in [5.41, 5.74) is 1.93. The fourth-order valence-corrected chi connectivity index (χ4v) is 5.02. The molecule has 0 spiro atoms. The summed E-state index contributed by atoms with van der Waals surface area (Å²) in [6, 6.07) is 20.7. The normalized spacial score (nSPS) is 11.6. The lowest BCUT2D eigenvalue weighted by molar-refractivity contribution is 0.595. The van der Waals surface area contributed by atoms with Crippen LogP contribution in [0.4, 0.5) is 0 Å². The van der Waals surface area contributed by atoms with Crippen LogP contribution in [0.25, 0.3) is 22.2 Å². The van der Waals surface area contributed by atoms with E-state index in [1.807, 2.05) is 25.1 Å². The highest BCUT2D eigenvalue weighted by Crippen LogP contribution is 2.30. The first-order valence-corrected chi connectivity index (χ1v) is 10.9. The van der Waals surface area contributed by atoms with Crippen LogP contribution in [-0.4, -0.2) is 13.4 Å². The lowest BCUT2D eigenvalue weighted by atomic mass is 10.1. The summed E-state index contributed by atoms with van der Waals surface area (Å²) in [7, 11) is -4.03. The molecule has 1 heterocycles. The predicted octanol–water partition coefficient (Wildman–Crippen LogP) is 5.10. The molecule has 0 aliphatic carbocycles. The molecule has 3 aromatic carbocycles. The van der Waals surface area contributed by atoms with Crippen LogP contribution < -0.4 is 5.43 Å². The summed E-state index contributed by atoms with van der Waals surface area (Å²) in [4.78, 5) is 16.4. The number of benzene rings is 3. The molecule has 0 aliphatic rings. The molecule has 0 aliphatic heterocycles. The van der Waals surface area contributed by atoms with E-state index >= 15 is 0 Å². The zero-order valence-electron chi connectivity index (χ0n) is 14.9. The molecule has 4 nitrogen and oxygen atoms in total. The molecule has 4 rings (SSSR count). The van der Waals surface area contributed by atoms with Crippen molar-refractivity contribution < 1.29 is 8.42 Å². The Morgan fingerprint density at radius 1 is 0.893 bits per heavy atom. The molecule has 140 valence electrons. The zero-order valence-corrected chi connectivity index (χ0v) is 17.3. The molecule has 0 saturated heterocycles. The fraction of sp³-hybridized carbons (Fsp3) is 0.0455. The molecule has 0 radical (unpaired) electrons. The molecule has 6 heteroatoms. The maximum Gasteiger partial charge on any atom is 0.212 e. The molecule has 0 atom stereocenters. The van der Waals surface area contributed by atoms with Gasteiger partial charge in [-0.25, -0.2) is 8.42 Å². The van der Waals surface area contributed by atoms with Crippen molar-refractivity contribution in [3.05, 3.63) is 93.1 Å². The Morgan fingerprint density at radius 3 is 2.25 bits per heavy atom. The average molecular weight is 454 g/mol. The van der Waals surface area contributed by atoms with Crippen molar-refractivity contribution >= 4 is 36.7 Å². The van der Waals surface area contributed by atoms with E-state index in [0.29, 0.717) is 26.6 Å². The Labute approximate surface area is 170 Å². The summed E-state index contributed by atoms with van der Waals surface area (Å²) in [5, 5.41) is 0.319. The Balaban J connectivity index is 2.12. The molecular formula is C22H16BrNO3S. The van der Waals surface area contributed by atoms with E-state index in [1.54, 1.807) is 42.5 Å². The monoisotopic (exact) mass is 453 g/mol. The minimum Gasteiger partial charge on any atom is -0.353 e. The minimum atomic E-state index is -4.03. The molecule has 1 N–H and O–H groups in total. The van der Waals surface area contributed by atoms with Gasteiger partial charge in [0.25, 0.3) is 0 Å². The molecular weight excluding hydrogens is 438 g/mol. The Hall–Kier alpha value is -2.70. The Bertz CT molecular complexity index is 1340. The van der Waals surface area contributed by atoms with E-state index in [4.69, 9.17) is 0 Å². The Morgan fingerprint density at radius 2 is 1.57 bits per heavy atom. The number of sulfone groups is 1. The predicted molar refractivity (Wildman–Crippen MR) is 114 cm³/mol. The molecule has 1 aromatic heterocycles. The van der Waals surface area contributed by atoms with Gasteiger partial charge in [0.05, 0.1) is 10.6 Å². The van der Waals surface area contributed by atoms with Crippen LogP contribution >= 0.6 is 15.9 Å². The second-order valence-electron chi connectivity index (χ2n) is 6.53. The van der Waals surface area contributed by atoms with Gasteiger partial charge in [0, 0.05) is 15.4 Å². The lowest BCUT2D eigenvalue weighted by Crippen LogP contribution is -2.18. The number of pyridine rings is 1. The number of rotatable bonds is 3. The third-order valence-corrected chi connectivity index (χ3v) is 6.89. The first-order chi connectivity index (χ1) is 13.4. The van der Waals surface area contributed by atoms with Crippen LogP contribution in [0.15, 0.2) is 91.9 Å². The smallest absolute Gasteiger partial charge is 0.212 e. The quantitative estimate of drug-likeness (QED) is 0.469. The highest BCUT2D eigenvalue weighted by Gasteiger charge is 2.27. The molecule has 0 saturated carbocycles. The van der Waals surface area contributed by atoms with E-state index in [2.05, 4.69) is 20.9 Å². The van der Waals surface area contributed by atoms with Gasteiger partial charge in [-0.3, -0.25) is 4.79 Å². The van der Waals surface area contributed by atoms with Crippen LogP contribution in [0, 0.1) is 6.92 Å². The van der Waals surface area contributed by atoms with E-state index in [9.17, 15) is 13.2 Å². The van der Waals surface area contributed by atoms with Crippen molar-refractivity contribution in [2.45, 2.75) is 16.7 Å². The van der Waals surface area contributed by atoms with E-state index < -0.39 is 15.3 Å². The van der Waals surface area contributed by atoms with Gasteiger partial charge in [0.15, 0.2) is 0 Å². The molecule has 4 aromatic rings. The van der Waals surface area contributed by atoms with Gasteiger partial charge in [0.1, 0.15) is 4.90 Å². The van der Waals surface area contributed by atoms with Gasteiger partial charge in [-0.1, -0.05) is 64.0 Å². The number of H-pyrrole nitrogens is 1. The van der Waals surface area contributed by atoms with Crippen molar-refractivity contribution in [3.63, 3.8) is 0 Å². The number of fused-ring (bicyclic) bond motifs is 1. The summed E-state index contributed by atoms with van der Waals surface area (Å²) in [5.74, 6) is 0. The summed E-state index contributed by atoms with van der Waals surface area (Å²) < 4.78 is 27.6. The first-order valence-electron chi connectivity index (χ1n) is 8.60. The SMILES string of the molecule is Cc1ccc(S(=O)(=O)c2c(-c3ccccc3)[nH]c3ccc(Br)cc3c2=O)cc1. The second-order valence-corrected chi connectivity index (χ2v) is 9.33. The van der Waals surface area contributed by atoms with Crippen molar-refractivity contribution in [2.75, 3.05) is 0 Å². The number of hydrogen-bond donors (Lipinski definition) is 1. The van der Waals surface area contributed by atoms with Crippen molar-refractivity contribution in [3.8, 4) is 11.3 Å². The molecule has 0 unspecified atom stereocenters. The van der Waals surface area contributed by atoms with Gasteiger partial charge in [-0.15, -0.1) is 0 Å². The molecule has 28 heavy (non-hydrogen) atoms.